The zero-order valence-corrected chi connectivity index (χ0v) is 25.0. The summed E-state index contributed by atoms with van der Waals surface area (Å²) in [6.07, 6.45) is 0. The first-order valence-corrected chi connectivity index (χ1v) is 15.8. The number of furan rings is 1. The molecule has 0 radical (unpaired) electrons. The Morgan fingerprint density at radius 2 is 0.957 bits per heavy atom. The molecule has 8 aromatic rings. The molecule has 0 fully saturated rings. The smallest absolute Gasteiger partial charge is 0.252 e. The number of hydrogen-bond acceptors (Lipinski definition) is 3. The van der Waals surface area contributed by atoms with E-state index in [2.05, 4.69) is 161 Å². The first-order valence-electron chi connectivity index (χ1n) is 15.8. The lowest BCUT2D eigenvalue weighted by Crippen LogP contribution is -2.61. The van der Waals surface area contributed by atoms with Crippen molar-refractivity contribution in [1.82, 2.24) is 0 Å². The van der Waals surface area contributed by atoms with Crippen molar-refractivity contribution in [2.24, 2.45) is 0 Å². The highest BCUT2D eigenvalue weighted by Crippen LogP contribution is 2.44. The minimum absolute atomic E-state index is 0.0794. The SMILES string of the molecule is c1ccc(N2c3ccccc3B3c4cc(-c5ccc6oc7ccccc7c6c5)ccc4N(c4ccccc4)c4cccc2c43)cc1. The Bertz CT molecular complexity index is 2440. The fourth-order valence-corrected chi connectivity index (χ4v) is 7.69. The predicted octanol–water partition coefficient (Wildman–Crippen LogP) is 9.34. The number of rotatable bonds is 3. The van der Waals surface area contributed by atoms with E-state index in [9.17, 15) is 0 Å². The van der Waals surface area contributed by atoms with Crippen LogP contribution in [0.2, 0.25) is 0 Å². The Morgan fingerprint density at radius 3 is 1.72 bits per heavy atom. The molecule has 3 nitrogen and oxygen atoms in total. The van der Waals surface area contributed by atoms with E-state index in [1.54, 1.807) is 0 Å². The second-order valence-corrected chi connectivity index (χ2v) is 12.1. The highest BCUT2D eigenvalue weighted by Gasteiger charge is 2.43. The van der Waals surface area contributed by atoms with E-state index in [0.717, 1.165) is 33.3 Å². The molecule has 10 rings (SSSR count). The molecule has 7 aromatic carbocycles. The van der Waals surface area contributed by atoms with Gasteiger partial charge in [-0.3, -0.25) is 0 Å². The van der Waals surface area contributed by atoms with E-state index in [0.29, 0.717) is 0 Å². The summed E-state index contributed by atoms with van der Waals surface area (Å²) in [6, 6.07) is 59.1. The van der Waals surface area contributed by atoms with Crippen molar-refractivity contribution in [2.45, 2.75) is 0 Å². The first-order chi connectivity index (χ1) is 22.8. The predicted molar refractivity (Wildman–Crippen MR) is 193 cm³/mol. The Balaban J connectivity index is 1.24. The second-order valence-electron chi connectivity index (χ2n) is 12.1. The number of nitrogens with zero attached hydrogens (tertiary/aromatic N) is 2. The summed E-state index contributed by atoms with van der Waals surface area (Å²) >= 11 is 0. The van der Waals surface area contributed by atoms with Gasteiger partial charge >= 0.3 is 0 Å². The summed E-state index contributed by atoms with van der Waals surface area (Å²) in [4.78, 5) is 4.87. The molecular weight excluding hydrogens is 559 g/mol. The van der Waals surface area contributed by atoms with Crippen molar-refractivity contribution in [3.63, 3.8) is 0 Å². The van der Waals surface area contributed by atoms with Crippen molar-refractivity contribution in [3.05, 3.63) is 164 Å². The second kappa shape index (κ2) is 9.75. The van der Waals surface area contributed by atoms with Gasteiger partial charge in [0, 0.05) is 44.9 Å². The van der Waals surface area contributed by atoms with Crippen LogP contribution in [0.15, 0.2) is 168 Å². The fourth-order valence-electron chi connectivity index (χ4n) is 7.69. The molecule has 46 heavy (non-hydrogen) atoms. The van der Waals surface area contributed by atoms with Gasteiger partial charge in [-0.15, -0.1) is 0 Å². The van der Waals surface area contributed by atoms with Crippen molar-refractivity contribution >= 4 is 79.2 Å². The molecule has 0 bridgehead atoms. The molecule has 4 heteroatoms. The van der Waals surface area contributed by atoms with Gasteiger partial charge in [0.2, 0.25) is 0 Å². The largest absolute Gasteiger partial charge is 0.456 e. The molecule has 0 aliphatic carbocycles. The quantitative estimate of drug-likeness (QED) is 0.192. The molecule has 0 saturated heterocycles. The summed E-state index contributed by atoms with van der Waals surface area (Å²) in [5.41, 5.74) is 15.3. The minimum atomic E-state index is 0.0794. The van der Waals surface area contributed by atoms with Gasteiger partial charge in [0.1, 0.15) is 11.2 Å². The summed E-state index contributed by atoms with van der Waals surface area (Å²) in [5.74, 6) is 0. The number of hydrogen-bond donors (Lipinski definition) is 0. The van der Waals surface area contributed by atoms with Crippen LogP contribution in [-0.2, 0) is 0 Å². The molecule has 0 saturated carbocycles. The topological polar surface area (TPSA) is 19.6 Å². The standard InChI is InChI=1S/C42H27BN2O/c1-3-12-30(13-4-1)44-36-18-9-8-17-34(36)43-35-27-29(28-23-25-41-33(26-28)32-16-7-10-21-40(32)46-41)22-24-37(35)45(31-14-5-2-6-15-31)39-20-11-19-38(44)42(39)43/h1-27H. The molecule has 0 unspecified atom stereocenters. The van der Waals surface area contributed by atoms with Gasteiger partial charge in [-0.25, -0.2) is 0 Å². The molecule has 0 atom stereocenters. The Kier molecular flexibility index (Phi) is 5.37. The van der Waals surface area contributed by atoms with Crippen LogP contribution in [-0.4, -0.2) is 6.71 Å². The zero-order valence-electron chi connectivity index (χ0n) is 25.0. The van der Waals surface area contributed by atoms with Crippen LogP contribution in [0.5, 0.6) is 0 Å². The lowest BCUT2D eigenvalue weighted by molar-refractivity contribution is 0.669. The lowest BCUT2D eigenvalue weighted by atomic mass is 9.33. The van der Waals surface area contributed by atoms with Crippen molar-refractivity contribution < 1.29 is 4.42 Å². The van der Waals surface area contributed by atoms with Crippen molar-refractivity contribution in [2.75, 3.05) is 9.80 Å². The normalized spacial score (nSPS) is 13.1. The Labute approximate surface area is 267 Å². The Morgan fingerprint density at radius 1 is 0.391 bits per heavy atom. The van der Waals surface area contributed by atoms with E-state index in [1.165, 1.54) is 50.3 Å². The van der Waals surface area contributed by atoms with E-state index in [4.69, 9.17) is 4.42 Å². The molecule has 0 N–H and O–H groups in total. The molecule has 214 valence electrons. The third kappa shape index (κ3) is 3.61. The zero-order chi connectivity index (χ0) is 30.2. The number of anilines is 6. The van der Waals surface area contributed by atoms with Crippen LogP contribution in [0.1, 0.15) is 0 Å². The van der Waals surface area contributed by atoms with Crippen LogP contribution in [0.25, 0.3) is 33.1 Å². The molecular formula is C42H27BN2O. The van der Waals surface area contributed by atoms with Crippen LogP contribution in [0.4, 0.5) is 34.1 Å². The van der Waals surface area contributed by atoms with Crippen LogP contribution in [0, 0.1) is 0 Å². The van der Waals surface area contributed by atoms with E-state index >= 15 is 0 Å². The van der Waals surface area contributed by atoms with Gasteiger partial charge in [0.25, 0.3) is 6.71 Å². The molecule has 1 aromatic heterocycles. The number of para-hydroxylation sites is 4. The average Bonchev–Trinajstić information content (AvgIpc) is 3.50. The molecule has 3 heterocycles. The number of benzene rings is 7. The third-order valence-corrected chi connectivity index (χ3v) is 9.64. The molecule has 0 spiro atoms. The number of fused-ring (bicyclic) bond motifs is 7. The van der Waals surface area contributed by atoms with Crippen molar-refractivity contribution in [3.8, 4) is 11.1 Å². The van der Waals surface area contributed by atoms with E-state index in [1.807, 2.05) is 12.1 Å². The molecule has 0 amide bonds. The van der Waals surface area contributed by atoms with Gasteiger partial charge in [-0.2, -0.15) is 0 Å². The maximum absolute atomic E-state index is 6.17. The lowest BCUT2D eigenvalue weighted by Gasteiger charge is -2.44. The van der Waals surface area contributed by atoms with Crippen LogP contribution in [0.3, 0.4) is 0 Å². The Hall–Kier alpha value is -6.00. The van der Waals surface area contributed by atoms with Crippen LogP contribution >= 0.6 is 0 Å². The first kappa shape index (κ1) is 25.3. The summed E-state index contributed by atoms with van der Waals surface area (Å²) in [6.45, 7) is 0.0794. The molecule has 2 aliphatic heterocycles. The minimum Gasteiger partial charge on any atom is -0.456 e. The molecule has 2 aliphatic rings. The van der Waals surface area contributed by atoms with E-state index in [-0.39, 0.29) is 6.71 Å². The van der Waals surface area contributed by atoms with Gasteiger partial charge in [0.05, 0.1) is 0 Å². The fraction of sp³-hybridized carbons (Fsp3) is 0. The maximum atomic E-state index is 6.17. The van der Waals surface area contributed by atoms with Crippen molar-refractivity contribution in [1.29, 1.82) is 0 Å². The summed E-state index contributed by atoms with van der Waals surface area (Å²) in [7, 11) is 0. The highest BCUT2D eigenvalue weighted by atomic mass is 16.3. The van der Waals surface area contributed by atoms with Gasteiger partial charge in [0.15, 0.2) is 0 Å². The van der Waals surface area contributed by atoms with E-state index < -0.39 is 0 Å². The summed E-state index contributed by atoms with van der Waals surface area (Å²) < 4.78 is 6.17. The third-order valence-electron chi connectivity index (χ3n) is 9.64. The highest BCUT2D eigenvalue weighted by molar-refractivity contribution is 7.00. The van der Waals surface area contributed by atoms with Gasteiger partial charge in [-0.05, 0) is 94.2 Å². The van der Waals surface area contributed by atoms with Crippen LogP contribution < -0.4 is 26.2 Å². The monoisotopic (exact) mass is 586 g/mol. The summed E-state index contributed by atoms with van der Waals surface area (Å²) in [5, 5.41) is 2.29. The average molecular weight is 587 g/mol. The van der Waals surface area contributed by atoms with Gasteiger partial charge < -0.3 is 14.2 Å². The maximum Gasteiger partial charge on any atom is 0.252 e. The van der Waals surface area contributed by atoms with Gasteiger partial charge in [-0.1, -0.05) is 97.1 Å².